The highest BCUT2D eigenvalue weighted by atomic mass is 16.1. The zero-order valence-corrected chi connectivity index (χ0v) is 12.0. The first kappa shape index (κ1) is 15.5. The molecule has 0 aliphatic heterocycles. The SMILES string of the molecule is CCN(CC)CCCNC(=O)CNc1ccccc1. The van der Waals surface area contributed by atoms with Gasteiger partial charge in [-0.15, -0.1) is 0 Å². The first-order valence-electron chi connectivity index (χ1n) is 7.04. The molecule has 0 unspecified atom stereocenters. The van der Waals surface area contributed by atoms with Crippen LogP contribution in [0.15, 0.2) is 30.3 Å². The average Bonchev–Trinajstić information content (AvgIpc) is 2.46. The maximum atomic E-state index is 11.6. The van der Waals surface area contributed by atoms with Crippen molar-refractivity contribution in [3.63, 3.8) is 0 Å². The lowest BCUT2D eigenvalue weighted by atomic mass is 10.3. The van der Waals surface area contributed by atoms with Crippen LogP contribution in [0.3, 0.4) is 0 Å². The van der Waals surface area contributed by atoms with Gasteiger partial charge in [0.2, 0.25) is 5.91 Å². The quantitative estimate of drug-likeness (QED) is 0.669. The first-order valence-corrected chi connectivity index (χ1v) is 7.04. The average molecular weight is 263 g/mol. The molecule has 0 fully saturated rings. The molecule has 0 radical (unpaired) electrons. The van der Waals surface area contributed by atoms with Crippen molar-refractivity contribution in [1.29, 1.82) is 0 Å². The second-order valence-electron chi connectivity index (χ2n) is 4.45. The van der Waals surface area contributed by atoms with Gasteiger partial charge in [-0.1, -0.05) is 32.0 Å². The van der Waals surface area contributed by atoms with E-state index in [2.05, 4.69) is 29.4 Å². The highest BCUT2D eigenvalue weighted by Crippen LogP contribution is 2.03. The van der Waals surface area contributed by atoms with Crippen LogP contribution in [-0.4, -0.2) is 43.5 Å². The van der Waals surface area contributed by atoms with E-state index < -0.39 is 0 Å². The summed E-state index contributed by atoms with van der Waals surface area (Å²) >= 11 is 0. The van der Waals surface area contributed by atoms with Crippen LogP contribution >= 0.6 is 0 Å². The fourth-order valence-electron chi connectivity index (χ4n) is 1.87. The largest absolute Gasteiger partial charge is 0.376 e. The van der Waals surface area contributed by atoms with Crippen molar-refractivity contribution >= 4 is 11.6 Å². The van der Waals surface area contributed by atoms with Gasteiger partial charge < -0.3 is 15.5 Å². The van der Waals surface area contributed by atoms with Crippen molar-refractivity contribution in [1.82, 2.24) is 10.2 Å². The number of amides is 1. The van der Waals surface area contributed by atoms with Crippen LogP contribution in [0.1, 0.15) is 20.3 Å². The van der Waals surface area contributed by atoms with Crippen LogP contribution in [0.5, 0.6) is 0 Å². The molecule has 1 aromatic carbocycles. The van der Waals surface area contributed by atoms with E-state index in [4.69, 9.17) is 0 Å². The van der Waals surface area contributed by atoms with Crippen LogP contribution in [0, 0.1) is 0 Å². The van der Waals surface area contributed by atoms with Crippen LogP contribution in [-0.2, 0) is 4.79 Å². The van der Waals surface area contributed by atoms with Gasteiger partial charge >= 0.3 is 0 Å². The van der Waals surface area contributed by atoms with Gasteiger partial charge in [0.1, 0.15) is 0 Å². The van der Waals surface area contributed by atoms with Crippen molar-refractivity contribution in [2.45, 2.75) is 20.3 Å². The second kappa shape index (κ2) is 9.39. The summed E-state index contributed by atoms with van der Waals surface area (Å²) in [4.78, 5) is 14.0. The van der Waals surface area contributed by atoms with Gasteiger partial charge in [-0.3, -0.25) is 4.79 Å². The fourth-order valence-corrected chi connectivity index (χ4v) is 1.87. The summed E-state index contributed by atoms with van der Waals surface area (Å²) in [6, 6.07) is 9.76. The third-order valence-corrected chi connectivity index (χ3v) is 3.09. The first-order chi connectivity index (χ1) is 9.26. The number of rotatable bonds is 9. The third kappa shape index (κ3) is 6.82. The standard InChI is InChI=1S/C15H25N3O/c1-3-18(4-2)12-8-11-16-15(19)13-17-14-9-6-5-7-10-14/h5-7,9-10,17H,3-4,8,11-13H2,1-2H3,(H,16,19). The molecule has 1 rings (SSSR count). The van der Waals surface area contributed by atoms with E-state index in [9.17, 15) is 4.79 Å². The van der Waals surface area contributed by atoms with Crippen LogP contribution in [0.25, 0.3) is 0 Å². The fraction of sp³-hybridized carbons (Fsp3) is 0.533. The molecule has 4 nitrogen and oxygen atoms in total. The maximum absolute atomic E-state index is 11.6. The smallest absolute Gasteiger partial charge is 0.239 e. The Balaban J connectivity index is 2.08. The summed E-state index contributed by atoms with van der Waals surface area (Å²) in [6.07, 6.45) is 0.999. The molecule has 1 amide bonds. The number of nitrogens with zero attached hydrogens (tertiary/aromatic N) is 1. The number of hydrogen-bond acceptors (Lipinski definition) is 3. The Hall–Kier alpha value is -1.55. The lowest BCUT2D eigenvalue weighted by molar-refractivity contribution is -0.119. The van der Waals surface area contributed by atoms with Crippen LogP contribution in [0.2, 0.25) is 0 Å². The Morgan fingerprint density at radius 3 is 2.47 bits per heavy atom. The summed E-state index contributed by atoms with van der Waals surface area (Å²) in [7, 11) is 0. The summed E-state index contributed by atoms with van der Waals surface area (Å²) in [5, 5.41) is 6.02. The molecule has 19 heavy (non-hydrogen) atoms. The minimum Gasteiger partial charge on any atom is -0.376 e. The molecule has 0 bridgehead atoms. The summed E-state index contributed by atoms with van der Waals surface area (Å²) < 4.78 is 0. The molecule has 0 aromatic heterocycles. The topological polar surface area (TPSA) is 44.4 Å². The predicted molar refractivity (Wildman–Crippen MR) is 80.3 cm³/mol. The van der Waals surface area contributed by atoms with Gasteiger partial charge in [-0.25, -0.2) is 0 Å². The molecule has 2 N–H and O–H groups in total. The lowest BCUT2D eigenvalue weighted by Crippen LogP contribution is -2.33. The van der Waals surface area contributed by atoms with Gasteiger partial charge in [-0.2, -0.15) is 0 Å². The molecular formula is C15H25N3O. The highest BCUT2D eigenvalue weighted by Gasteiger charge is 2.01. The lowest BCUT2D eigenvalue weighted by Gasteiger charge is -2.17. The van der Waals surface area contributed by atoms with Gasteiger partial charge in [0.15, 0.2) is 0 Å². The Bertz CT molecular complexity index is 350. The monoisotopic (exact) mass is 263 g/mol. The predicted octanol–water partition coefficient (Wildman–Crippen LogP) is 1.95. The Morgan fingerprint density at radius 1 is 1.16 bits per heavy atom. The number of anilines is 1. The molecule has 0 saturated carbocycles. The summed E-state index contributed by atoms with van der Waals surface area (Å²) in [5.41, 5.74) is 0.973. The van der Waals surface area contributed by atoms with Gasteiger partial charge in [0.05, 0.1) is 6.54 Å². The number of carbonyl (C=O) groups excluding carboxylic acids is 1. The number of para-hydroxylation sites is 1. The van der Waals surface area contributed by atoms with E-state index in [-0.39, 0.29) is 5.91 Å². The normalized spacial score (nSPS) is 10.5. The number of carbonyl (C=O) groups is 1. The van der Waals surface area contributed by atoms with Crippen molar-refractivity contribution < 1.29 is 4.79 Å². The van der Waals surface area contributed by atoms with E-state index in [0.717, 1.165) is 38.3 Å². The molecule has 0 aliphatic carbocycles. The molecule has 4 heteroatoms. The van der Waals surface area contributed by atoms with Crippen LogP contribution < -0.4 is 10.6 Å². The van der Waals surface area contributed by atoms with E-state index in [0.29, 0.717) is 6.54 Å². The Morgan fingerprint density at radius 2 is 1.84 bits per heavy atom. The Labute approximate surface area is 116 Å². The number of nitrogens with one attached hydrogen (secondary N) is 2. The minimum absolute atomic E-state index is 0.0448. The molecule has 0 spiro atoms. The molecule has 106 valence electrons. The maximum Gasteiger partial charge on any atom is 0.239 e. The molecule has 0 atom stereocenters. The van der Waals surface area contributed by atoms with Crippen LogP contribution in [0.4, 0.5) is 5.69 Å². The molecule has 0 heterocycles. The zero-order chi connectivity index (χ0) is 13.9. The van der Waals surface area contributed by atoms with E-state index in [1.165, 1.54) is 0 Å². The molecule has 0 aliphatic rings. The van der Waals surface area contributed by atoms with Crippen molar-refractivity contribution in [2.75, 3.05) is 38.0 Å². The molecule has 1 aromatic rings. The zero-order valence-electron chi connectivity index (χ0n) is 12.0. The van der Waals surface area contributed by atoms with E-state index >= 15 is 0 Å². The molecule has 0 saturated heterocycles. The summed E-state index contributed by atoms with van der Waals surface area (Å²) in [5.74, 6) is 0.0448. The van der Waals surface area contributed by atoms with Crippen molar-refractivity contribution in [3.8, 4) is 0 Å². The Kier molecular flexibility index (Phi) is 7.66. The van der Waals surface area contributed by atoms with Crippen molar-refractivity contribution in [2.24, 2.45) is 0 Å². The number of benzene rings is 1. The van der Waals surface area contributed by atoms with Gasteiger partial charge in [0, 0.05) is 12.2 Å². The van der Waals surface area contributed by atoms with Gasteiger partial charge in [-0.05, 0) is 38.2 Å². The minimum atomic E-state index is 0.0448. The second-order valence-corrected chi connectivity index (χ2v) is 4.45. The van der Waals surface area contributed by atoms with Gasteiger partial charge in [0.25, 0.3) is 0 Å². The highest BCUT2D eigenvalue weighted by molar-refractivity contribution is 5.80. The van der Waals surface area contributed by atoms with E-state index in [1.807, 2.05) is 30.3 Å². The van der Waals surface area contributed by atoms with E-state index in [1.54, 1.807) is 0 Å². The summed E-state index contributed by atoms with van der Waals surface area (Å²) in [6.45, 7) is 8.57. The number of hydrogen-bond donors (Lipinski definition) is 2. The third-order valence-electron chi connectivity index (χ3n) is 3.09. The van der Waals surface area contributed by atoms with Crippen molar-refractivity contribution in [3.05, 3.63) is 30.3 Å². The molecular weight excluding hydrogens is 238 g/mol.